The third-order valence-electron chi connectivity index (χ3n) is 2.11. The Bertz CT molecular complexity index is 437. The molecular formula is C11H11NS. The molecule has 0 amide bonds. The van der Waals surface area contributed by atoms with E-state index in [1.54, 1.807) is 0 Å². The van der Waals surface area contributed by atoms with Crippen LogP contribution < -0.4 is 5.32 Å². The van der Waals surface area contributed by atoms with E-state index >= 15 is 0 Å². The van der Waals surface area contributed by atoms with Crippen LogP contribution in [0.5, 0.6) is 0 Å². The molecule has 2 aromatic carbocycles. The topological polar surface area (TPSA) is 12.0 Å². The van der Waals surface area contributed by atoms with Crippen molar-refractivity contribution in [2.75, 3.05) is 12.4 Å². The number of fused-ring (bicyclic) bond motifs is 1. The summed E-state index contributed by atoms with van der Waals surface area (Å²) >= 11 is 4.30. The van der Waals surface area contributed by atoms with Gasteiger partial charge in [0.15, 0.2) is 0 Å². The van der Waals surface area contributed by atoms with Crippen molar-refractivity contribution in [2.24, 2.45) is 0 Å². The summed E-state index contributed by atoms with van der Waals surface area (Å²) in [6.07, 6.45) is 0. The van der Waals surface area contributed by atoms with Crippen LogP contribution >= 0.6 is 12.6 Å². The Morgan fingerprint density at radius 2 is 1.77 bits per heavy atom. The van der Waals surface area contributed by atoms with Crippen LogP contribution in [0.25, 0.3) is 10.8 Å². The van der Waals surface area contributed by atoms with Gasteiger partial charge in [-0.3, -0.25) is 0 Å². The van der Waals surface area contributed by atoms with E-state index in [0.717, 1.165) is 10.6 Å². The quantitative estimate of drug-likeness (QED) is 0.657. The normalized spacial score (nSPS) is 10.3. The first-order valence-electron chi connectivity index (χ1n) is 4.20. The molecule has 1 N–H and O–H groups in total. The number of benzene rings is 2. The number of anilines is 1. The third-order valence-corrected chi connectivity index (χ3v) is 2.39. The van der Waals surface area contributed by atoms with Gasteiger partial charge in [0.25, 0.3) is 0 Å². The van der Waals surface area contributed by atoms with E-state index in [1.165, 1.54) is 10.8 Å². The van der Waals surface area contributed by atoms with Crippen LogP contribution in [0.15, 0.2) is 41.3 Å². The first-order chi connectivity index (χ1) is 6.29. The van der Waals surface area contributed by atoms with Gasteiger partial charge >= 0.3 is 0 Å². The van der Waals surface area contributed by atoms with Crippen molar-refractivity contribution in [1.29, 1.82) is 0 Å². The molecule has 0 spiro atoms. The van der Waals surface area contributed by atoms with E-state index in [9.17, 15) is 0 Å². The number of rotatable bonds is 1. The van der Waals surface area contributed by atoms with Gasteiger partial charge in [-0.25, -0.2) is 0 Å². The van der Waals surface area contributed by atoms with E-state index in [1.807, 2.05) is 13.1 Å². The Labute approximate surface area is 83.2 Å². The standard InChI is InChI=1S/C11H11NS/c1-12-10-4-2-8-3-5-11(13)7-9(8)6-10/h2-7,12-13H,1H3. The Morgan fingerprint density at radius 1 is 1.00 bits per heavy atom. The van der Waals surface area contributed by atoms with Gasteiger partial charge in [-0.15, -0.1) is 12.6 Å². The molecule has 0 bridgehead atoms. The maximum Gasteiger partial charge on any atom is 0.0343 e. The van der Waals surface area contributed by atoms with Gasteiger partial charge in [0.2, 0.25) is 0 Å². The second kappa shape index (κ2) is 3.30. The van der Waals surface area contributed by atoms with Gasteiger partial charge in [-0.1, -0.05) is 12.1 Å². The first-order valence-corrected chi connectivity index (χ1v) is 4.65. The summed E-state index contributed by atoms with van der Waals surface area (Å²) in [5.74, 6) is 0. The summed E-state index contributed by atoms with van der Waals surface area (Å²) in [7, 11) is 1.92. The summed E-state index contributed by atoms with van der Waals surface area (Å²) in [6.45, 7) is 0. The molecule has 0 saturated carbocycles. The van der Waals surface area contributed by atoms with Crippen molar-refractivity contribution < 1.29 is 0 Å². The van der Waals surface area contributed by atoms with Crippen LogP contribution in [0.3, 0.4) is 0 Å². The lowest BCUT2D eigenvalue weighted by molar-refractivity contribution is 1.50. The van der Waals surface area contributed by atoms with Gasteiger partial charge < -0.3 is 5.32 Å². The highest BCUT2D eigenvalue weighted by atomic mass is 32.1. The van der Waals surface area contributed by atoms with Crippen LogP contribution in [0.4, 0.5) is 5.69 Å². The molecule has 0 heterocycles. The van der Waals surface area contributed by atoms with Gasteiger partial charge in [0, 0.05) is 17.6 Å². The van der Waals surface area contributed by atoms with Crippen LogP contribution in [0.1, 0.15) is 0 Å². The fraction of sp³-hybridized carbons (Fsp3) is 0.0909. The SMILES string of the molecule is CNc1ccc2ccc(S)cc2c1. The molecule has 2 aromatic rings. The smallest absolute Gasteiger partial charge is 0.0343 e. The fourth-order valence-corrected chi connectivity index (χ4v) is 1.60. The van der Waals surface area contributed by atoms with Crippen LogP contribution in [-0.2, 0) is 0 Å². The lowest BCUT2D eigenvalue weighted by atomic mass is 10.1. The molecule has 0 aromatic heterocycles. The zero-order chi connectivity index (χ0) is 9.26. The van der Waals surface area contributed by atoms with Crippen molar-refractivity contribution in [2.45, 2.75) is 4.90 Å². The molecular weight excluding hydrogens is 178 g/mol. The molecule has 0 fully saturated rings. The maximum atomic E-state index is 4.30. The highest BCUT2D eigenvalue weighted by molar-refractivity contribution is 7.80. The molecule has 1 nitrogen and oxygen atoms in total. The second-order valence-corrected chi connectivity index (χ2v) is 3.51. The van der Waals surface area contributed by atoms with Crippen molar-refractivity contribution >= 4 is 29.1 Å². The molecule has 0 unspecified atom stereocenters. The number of hydrogen-bond donors (Lipinski definition) is 2. The molecule has 0 atom stereocenters. The van der Waals surface area contributed by atoms with Gasteiger partial charge in [0.1, 0.15) is 0 Å². The highest BCUT2D eigenvalue weighted by Crippen LogP contribution is 2.21. The minimum Gasteiger partial charge on any atom is -0.388 e. The van der Waals surface area contributed by atoms with Crippen molar-refractivity contribution in [3.63, 3.8) is 0 Å². The van der Waals surface area contributed by atoms with Gasteiger partial charge in [-0.05, 0) is 35.0 Å². The summed E-state index contributed by atoms with van der Waals surface area (Å²) in [6, 6.07) is 12.4. The van der Waals surface area contributed by atoms with Crippen LogP contribution in [0, 0.1) is 0 Å². The minimum atomic E-state index is 1.00. The molecule has 0 radical (unpaired) electrons. The summed E-state index contributed by atoms with van der Waals surface area (Å²) in [4.78, 5) is 1.00. The molecule has 2 rings (SSSR count). The predicted octanol–water partition coefficient (Wildman–Crippen LogP) is 3.17. The average molecular weight is 189 g/mol. The Balaban J connectivity index is 2.68. The van der Waals surface area contributed by atoms with Crippen LogP contribution in [0.2, 0.25) is 0 Å². The van der Waals surface area contributed by atoms with Crippen molar-refractivity contribution in [1.82, 2.24) is 0 Å². The molecule has 0 aliphatic carbocycles. The number of thiol groups is 1. The predicted molar refractivity (Wildman–Crippen MR) is 60.7 cm³/mol. The molecule has 13 heavy (non-hydrogen) atoms. The van der Waals surface area contributed by atoms with E-state index < -0.39 is 0 Å². The summed E-state index contributed by atoms with van der Waals surface area (Å²) in [5, 5.41) is 5.58. The Kier molecular flexibility index (Phi) is 2.15. The zero-order valence-electron chi connectivity index (χ0n) is 7.41. The lowest BCUT2D eigenvalue weighted by Gasteiger charge is -2.02. The molecule has 0 saturated heterocycles. The highest BCUT2D eigenvalue weighted by Gasteiger charge is 1.94. The minimum absolute atomic E-state index is 1.00. The van der Waals surface area contributed by atoms with Gasteiger partial charge in [0.05, 0.1) is 0 Å². The summed E-state index contributed by atoms with van der Waals surface area (Å²) in [5.41, 5.74) is 1.13. The van der Waals surface area contributed by atoms with E-state index in [2.05, 4.69) is 48.3 Å². The Morgan fingerprint density at radius 3 is 2.54 bits per heavy atom. The molecule has 66 valence electrons. The zero-order valence-corrected chi connectivity index (χ0v) is 8.31. The lowest BCUT2D eigenvalue weighted by Crippen LogP contribution is -1.86. The second-order valence-electron chi connectivity index (χ2n) is 3.00. The molecule has 2 heteroatoms. The monoisotopic (exact) mass is 189 g/mol. The van der Waals surface area contributed by atoms with Crippen molar-refractivity contribution in [3.8, 4) is 0 Å². The number of nitrogens with one attached hydrogen (secondary N) is 1. The first kappa shape index (κ1) is 8.45. The summed E-state index contributed by atoms with van der Waals surface area (Å²) < 4.78 is 0. The van der Waals surface area contributed by atoms with E-state index in [0.29, 0.717) is 0 Å². The maximum absolute atomic E-state index is 4.30. The van der Waals surface area contributed by atoms with Crippen molar-refractivity contribution in [3.05, 3.63) is 36.4 Å². The van der Waals surface area contributed by atoms with Crippen LogP contribution in [-0.4, -0.2) is 7.05 Å². The number of hydrogen-bond acceptors (Lipinski definition) is 2. The average Bonchev–Trinajstić information content (AvgIpc) is 2.16. The fourth-order valence-electron chi connectivity index (χ4n) is 1.39. The van der Waals surface area contributed by atoms with E-state index in [4.69, 9.17) is 0 Å². The third kappa shape index (κ3) is 1.63. The van der Waals surface area contributed by atoms with Gasteiger partial charge in [-0.2, -0.15) is 0 Å². The Hall–Kier alpha value is -1.15. The molecule has 0 aliphatic heterocycles. The molecule has 0 aliphatic rings. The largest absolute Gasteiger partial charge is 0.388 e. The van der Waals surface area contributed by atoms with E-state index in [-0.39, 0.29) is 0 Å².